The summed E-state index contributed by atoms with van der Waals surface area (Å²) in [7, 11) is 0. The number of nitrogens with one attached hydrogen (secondary N) is 1. The van der Waals surface area contributed by atoms with Gasteiger partial charge < -0.3 is 5.32 Å². The molecule has 0 aromatic heterocycles. The molecule has 0 saturated heterocycles. The molecule has 0 spiro atoms. The van der Waals surface area contributed by atoms with Crippen molar-refractivity contribution < 1.29 is 4.79 Å². The molecule has 1 amide bonds. The molecule has 1 aromatic carbocycles. The Kier molecular flexibility index (Phi) is 4.89. The number of azide groups is 1. The van der Waals surface area contributed by atoms with Crippen LogP contribution in [0.15, 0.2) is 23.3 Å². The molecule has 2 rings (SSSR count). The molecule has 5 nitrogen and oxygen atoms in total. The lowest BCUT2D eigenvalue weighted by atomic mass is 9.70. The zero-order valence-corrected chi connectivity index (χ0v) is 13.8. The van der Waals surface area contributed by atoms with Crippen LogP contribution in [0.25, 0.3) is 10.4 Å². The van der Waals surface area contributed by atoms with Crippen LogP contribution < -0.4 is 5.32 Å². The highest BCUT2D eigenvalue weighted by Gasteiger charge is 2.33. The number of carbonyl (C=O) groups is 1. The second-order valence-electron chi connectivity index (χ2n) is 6.75. The molecule has 118 valence electrons. The third kappa shape index (κ3) is 3.32. The zero-order valence-electron chi connectivity index (χ0n) is 13.8. The van der Waals surface area contributed by atoms with E-state index in [1.165, 1.54) is 11.1 Å². The van der Waals surface area contributed by atoms with Gasteiger partial charge in [-0.25, -0.2) is 0 Å². The third-order valence-corrected chi connectivity index (χ3v) is 4.70. The number of fused-ring (bicyclic) bond motifs is 1. The minimum Gasteiger partial charge on any atom is -0.307 e. The Balaban J connectivity index is 2.42. The van der Waals surface area contributed by atoms with Crippen LogP contribution in [0, 0.1) is 0 Å². The van der Waals surface area contributed by atoms with E-state index in [1.807, 2.05) is 12.1 Å². The van der Waals surface area contributed by atoms with E-state index >= 15 is 0 Å². The van der Waals surface area contributed by atoms with Gasteiger partial charge in [-0.05, 0) is 59.4 Å². The molecule has 0 aliphatic heterocycles. The maximum absolute atomic E-state index is 11.8. The number of hydrogen-bond acceptors (Lipinski definition) is 2. The molecule has 5 heteroatoms. The number of carbonyl (C=O) groups excluding carboxylic acids is 1. The molecule has 0 bridgehead atoms. The fraction of sp³-hybridized carbons (Fsp3) is 0.588. The summed E-state index contributed by atoms with van der Waals surface area (Å²) in [5, 5.41) is 6.87. The Morgan fingerprint density at radius 1 is 1.55 bits per heavy atom. The first-order valence-electron chi connectivity index (χ1n) is 7.89. The van der Waals surface area contributed by atoms with Gasteiger partial charge in [0.2, 0.25) is 5.91 Å². The molecule has 2 atom stereocenters. The minimum atomic E-state index is -0.516. The Labute approximate surface area is 131 Å². The molecular weight excluding hydrogens is 276 g/mol. The van der Waals surface area contributed by atoms with Crippen LogP contribution in [-0.2, 0) is 5.41 Å². The average Bonchev–Trinajstić information content (AvgIpc) is 2.50. The van der Waals surface area contributed by atoms with E-state index in [-0.39, 0.29) is 5.41 Å². The van der Waals surface area contributed by atoms with Crippen molar-refractivity contribution in [2.45, 2.75) is 64.5 Å². The lowest BCUT2D eigenvalue weighted by Crippen LogP contribution is -2.36. The van der Waals surface area contributed by atoms with Crippen molar-refractivity contribution in [1.29, 1.82) is 0 Å². The quantitative estimate of drug-likeness (QED) is 0.499. The molecule has 0 fully saturated rings. The topological polar surface area (TPSA) is 77.9 Å². The van der Waals surface area contributed by atoms with Gasteiger partial charge in [0, 0.05) is 22.6 Å². The van der Waals surface area contributed by atoms with Crippen molar-refractivity contribution in [2.24, 2.45) is 5.11 Å². The smallest absolute Gasteiger partial charge is 0.249 e. The van der Waals surface area contributed by atoms with E-state index in [1.54, 1.807) is 6.07 Å². The van der Waals surface area contributed by atoms with Crippen molar-refractivity contribution in [3.63, 3.8) is 0 Å². The summed E-state index contributed by atoms with van der Waals surface area (Å²) in [4.78, 5) is 14.4. The largest absolute Gasteiger partial charge is 0.307 e. The van der Waals surface area contributed by atoms with Crippen LogP contribution in [0.5, 0.6) is 0 Å². The van der Waals surface area contributed by atoms with Gasteiger partial charge in [-0.15, -0.1) is 0 Å². The Morgan fingerprint density at radius 3 is 2.91 bits per heavy atom. The molecule has 1 aromatic rings. The molecule has 2 unspecified atom stereocenters. The predicted molar refractivity (Wildman–Crippen MR) is 87.8 cm³/mol. The first-order valence-corrected chi connectivity index (χ1v) is 7.89. The number of benzene rings is 1. The van der Waals surface area contributed by atoms with Crippen LogP contribution in [-0.4, -0.2) is 11.9 Å². The highest BCUT2D eigenvalue weighted by atomic mass is 16.1. The molecule has 0 saturated carbocycles. The third-order valence-electron chi connectivity index (χ3n) is 4.70. The van der Waals surface area contributed by atoms with Crippen molar-refractivity contribution in [2.75, 3.05) is 0 Å². The monoisotopic (exact) mass is 300 g/mol. The van der Waals surface area contributed by atoms with Crippen molar-refractivity contribution in [1.82, 2.24) is 5.32 Å². The standard InChI is InChI=1S/C17H24N4O/c1-5-11(2)19-15-8-9-17(3,4)14-10-12(6-7-13(14)15)16(22)20-21-18/h6-7,10-11,15,19H,5,8-9H2,1-4H3. The molecule has 0 heterocycles. The lowest BCUT2D eigenvalue weighted by Gasteiger charge is -2.38. The minimum absolute atomic E-state index is 0.0234. The summed E-state index contributed by atoms with van der Waals surface area (Å²) < 4.78 is 0. The van der Waals surface area contributed by atoms with Gasteiger partial charge in [-0.1, -0.05) is 32.9 Å². The first-order chi connectivity index (χ1) is 10.4. The SMILES string of the molecule is CCC(C)NC1CCC(C)(C)c2cc(C(=O)N=[N+]=[N-])ccc21. The molecule has 1 aliphatic carbocycles. The van der Waals surface area contributed by atoms with Gasteiger partial charge in [-0.3, -0.25) is 4.79 Å². The maximum atomic E-state index is 11.8. The van der Waals surface area contributed by atoms with Crippen LogP contribution >= 0.6 is 0 Å². The number of hydrogen-bond donors (Lipinski definition) is 1. The van der Waals surface area contributed by atoms with Gasteiger partial charge in [-0.2, -0.15) is 0 Å². The summed E-state index contributed by atoms with van der Waals surface area (Å²) in [5.41, 5.74) is 11.4. The van der Waals surface area contributed by atoms with E-state index in [4.69, 9.17) is 5.53 Å². The molecule has 22 heavy (non-hydrogen) atoms. The normalized spacial score (nSPS) is 20.6. The Hall–Kier alpha value is -1.84. The van der Waals surface area contributed by atoms with E-state index < -0.39 is 5.91 Å². The molecule has 1 N–H and O–H groups in total. The van der Waals surface area contributed by atoms with Crippen LogP contribution in [0.3, 0.4) is 0 Å². The molecule has 0 radical (unpaired) electrons. The highest BCUT2D eigenvalue weighted by Crippen LogP contribution is 2.42. The van der Waals surface area contributed by atoms with E-state index in [2.05, 4.69) is 43.0 Å². The Bertz CT molecular complexity index is 617. The molecular formula is C17H24N4O. The Morgan fingerprint density at radius 2 is 2.27 bits per heavy atom. The van der Waals surface area contributed by atoms with Crippen LogP contribution in [0.2, 0.25) is 0 Å². The summed E-state index contributed by atoms with van der Waals surface area (Å²) in [6, 6.07) is 6.46. The maximum Gasteiger partial charge on any atom is 0.249 e. The first kappa shape index (κ1) is 16.5. The summed E-state index contributed by atoms with van der Waals surface area (Å²) >= 11 is 0. The summed E-state index contributed by atoms with van der Waals surface area (Å²) in [5.74, 6) is -0.516. The van der Waals surface area contributed by atoms with Crippen LogP contribution in [0.1, 0.15) is 74.5 Å². The van der Waals surface area contributed by atoms with E-state index in [9.17, 15) is 4.79 Å². The fourth-order valence-corrected chi connectivity index (χ4v) is 3.11. The summed E-state index contributed by atoms with van der Waals surface area (Å²) in [6.45, 7) is 8.77. The van der Waals surface area contributed by atoms with Gasteiger partial charge in [0.1, 0.15) is 0 Å². The highest BCUT2D eigenvalue weighted by molar-refractivity contribution is 5.95. The van der Waals surface area contributed by atoms with Crippen LogP contribution in [0.4, 0.5) is 0 Å². The number of nitrogens with zero attached hydrogens (tertiary/aromatic N) is 3. The molecule has 1 aliphatic rings. The predicted octanol–water partition coefficient (Wildman–Crippen LogP) is 4.64. The second kappa shape index (κ2) is 6.51. The average molecular weight is 300 g/mol. The van der Waals surface area contributed by atoms with Crippen molar-refractivity contribution >= 4 is 5.91 Å². The van der Waals surface area contributed by atoms with E-state index in [0.717, 1.165) is 19.3 Å². The second-order valence-corrected chi connectivity index (χ2v) is 6.75. The summed E-state index contributed by atoms with van der Waals surface area (Å²) in [6.07, 6.45) is 3.24. The van der Waals surface area contributed by atoms with Crippen molar-refractivity contribution in [3.05, 3.63) is 45.3 Å². The number of rotatable bonds is 4. The van der Waals surface area contributed by atoms with Gasteiger partial charge in [0.05, 0.1) is 0 Å². The fourth-order valence-electron chi connectivity index (χ4n) is 3.11. The number of amides is 1. The zero-order chi connectivity index (χ0) is 16.3. The van der Waals surface area contributed by atoms with Gasteiger partial charge >= 0.3 is 0 Å². The van der Waals surface area contributed by atoms with E-state index in [0.29, 0.717) is 17.6 Å². The van der Waals surface area contributed by atoms with Crippen molar-refractivity contribution in [3.8, 4) is 0 Å². The van der Waals surface area contributed by atoms with Gasteiger partial charge in [0.25, 0.3) is 0 Å². The lowest BCUT2D eigenvalue weighted by molar-refractivity contribution is 0.1000. The van der Waals surface area contributed by atoms with Gasteiger partial charge in [0.15, 0.2) is 0 Å².